The molecule has 1 N–H and O–H groups in total. The third-order valence-corrected chi connectivity index (χ3v) is 4.59. The van der Waals surface area contributed by atoms with Gasteiger partial charge in [0.05, 0.1) is 5.69 Å². The van der Waals surface area contributed by atoms with Gasteiger partial charge in [0.15, 0.2) is 4.96 Å². The van der Waals surface area contributed by atoms with Crippen molar-refractivity contribution in [3.05, 3.63) is 17.3 Å². The quantitative estimate of drug-likeness (QED) is 0.844. The lowest BCUT2D eigenvalue weighted by atomic mass is 10.4. The van der Waals surface area contributed by atoms with E-state index in [1.165, 1.54) is 23.6 Å². The molecule has 0 radical (unpaired) electrons. The lowest BCUT2D eigenvalue weighted by Gasteiger charge is -2.06. The van der Waals surface area contributed by atoms with Crippen molar-refractivity contribution in [2.45, 2.75) is 49.6 Å². The fourth-order valence-electron chi connectivity index (χ4n) is 1.82. The zero-order valence-electron chi connectivity index (χ0n) is 10.1. The summed E-state index contributed by atoms with van der Waals surface area (Å²) in [5, 5.41) is 7.47. The van der Waals surface area contributed by atoms with Crippen LogP contribution in [0.15, 0.2) is 16.6 Å². The number of fused-ring (bicyclic) bond motifs is 1. The minimum atomic E-state index is 0.583. The van der Waals surface area contributed by atoms with Crippen molar-refractivity contribution in [2.24, 2.45) is 0 Å². The van der Waals surface area contributed by atoms with Crippen LogP contribution in [0.5, 0.6) is 0 Å². The molecule has 1 aliphatic carbocycles. The average Bonchev–Trinajstić information content (AvgIpc) is 2.88. The van der Waals surface area contributed by atoms with Crippen molar-refractivity contribution in [3.8, 4) is 0 Å². The summed E-state index contributed by atoms with van der Waals surface area (Å²) in [5.41, 5.74) is 1.33. The average molecular weight is 267 g/mol. The molecule has 0 amide bonds. The zero-order chi connectivity index (χ0) is 11.8. The number of thioether (sulfide) groups is 1. The highest BCUT2D eigenvalue weighted by atomic mass is 32.2. The molecule has 3 nitrogen and oxygen atoms in total. The molecule has 2 aromatic rings. The molecule has 3 rings (SSSR count). The number of nitrogens with zero attached hydrogens (tertiary/aromatic N) is 2. The lowest BCUT2D eigenvalue weighted by Crippen LogP contribution is -2.17. The van der Waals surface area contributed by atoms with Crippen LogP contribution < -0.4 is 5.32 Å². The van der Waals surface area contributed by atoms with Gasteiger partial charge in [-0.15, -0.1) is 23.1 Å². The van der Waals surface area contributed by atoms with Gasteiger partial charge < -0.3 is 5.32 Å². The van der Waals surface area contributed by atoms with Crippen LogP contribution in [0.1, 0.15) is 32.4 Å². The number of nitrogens with one attached hydrogen (secondary N) is 1. The lowest BCUT2D eigenvalue weighted by molar-refractivity contribution is 0.661. The third-order valence-electron chi connectivity index (χ3n) is 2.81. The van der Waals surface area contributed by atoms with Gasteiger partial charge in [-0.25, -0.2) is 4.98 Å². The Kier molecular flexibility index (Phi) is 3.15. The van der Waals surface area contributed by atoms with Gasteiger partial charge in [0, 0.05) is 29.4 Å². The topological polar surface area (TPSA) is 29.3 Å². The predicted octanol–water partition coefficient (Wildman–Crippen LogP) is 3.15. The van der Waals surface area contributed by atoms with Gasteiger partial charge in [-0.05, 0) is 12.8 Å². The normalized spacial score (nSPS) is 16.2. The van der Waals surface area contributed by atoms with Crippen molar-refractivity contribution >= 4 is 28.1 Å². The molecule has 0 saturated heterocycles. The maximum atomic E-state index is 4.72. The molecule has 1 aliphatic rings. The highest BCUT2D eigenvalue weighted by Gasteiger charge is 2.22. The predicted molar refractivity (Wildman–Crippen MR) is 73.9 cm³/mol. The maximum Gasteiger partial charge on any atom is 0.194 e. The largest absolute Gasteiger partial charge is 0.308 e. The van der Waals surface area contributed by atoms with Crippen LogP contribution in [0.25, 0.3) is 4.96 Å². The molecule has 92 valence electrons. The van der Waals surface area contributed by atoms with E-state index >= 15 is 0 Å². The summed E-state index contributed by atoms with van der Waals surface area (Å²) >= 11 is 3.57. The van der Waals surface area contributed by atoms with Crippen LogP contribution >= 0.6 is 23.1 Å². The second kappa shape index (κ2) is 4.63. The van der Waals surface area contributed by atoms with Crippen molar-refractivity contribution in [1.82, 2.24) is 14.7 Å². The molecule has 2 heterocycles. The number of aromatic nitrogens is 2. The Hall–Kier alpha value is -0.520. The van der Waals surface area contributed by atoms with Crippen LogP contribution in [-0.4, -0.2) is 20.7 Å². The van der Waals surface area contributed by atoms with E-state index in [0.717, 1.165) is 17.5 Å². The Labute approximate surface area is 110 Å². The molecule has 2 aromatic heterocycles. The molecular weight excluding hydrogens is 250 g/mol. The molecule has 1 saturated carbocycles. The molecule has 0 aliphatic heterocycles. The first-order chi connectivity index (χ1) is 8.24. The van der Waals surface area contributed by atoms with E-state index in [1.54, 1.807) is 11.3 Å². The van der Waals surface area contributed by atoms with Crippen molar-refractivity contribution in [2.75, 3.05) is 0 Å². The molecule has 17 heavy (non-hydrogen) atoms. The summed E-state index contributed by atoms with van der Waals surface area (Å²) in [6, 6.07) is 0.746. The SMILES string of the molecule is CC(C)Sc1nc2sccn2c1CNC1CC1. The molecule has 1 fully saturated rings. The Morgan fingerprint density at radius 3 is 3.12 bits per heavy atom. The highest BCUT2D eigenvalue weighted by Crippen LogP contribution is 2.29. The first-order valence-corrected chi connectivity index (χ1v) is 7.84. The van der Waals surface area contributed by atoms with Gasteiger partial charge in [0.25, 0.3) is 0 Å². The summed E-state index contributed by atoms with van der Waals surface area (Å²) in [4.78, 5) is 5.83. The van der Waals surface area contributed by atoms with Crippen molar-refractivity contribution in [3.63, 3.8) is 0 Å². The Morgan fingerprint density at radius 2 is 2.41 bits per heavy atom. The van der Waals surface area contributed by atoms with Gasteiger partial charge in [-0.2, -0.15) is 0 Å². The Bertz CT molecular complexity index is 511. The fraction of sp³-hybridized carbons (Fsp3) is 0.583. The second-order valence-electron chi connectivity index (χ2n) is 4.74. The number of hydrogen-bond acceptors (Lipinski definition) is 4. The summed E-state index contributed by atoms with van der Waals surface area (Å²) in [6.07, 6.45) is 4.79. The number of imidazole rings is 1. The maximum absolute atomic E-state index is 4.72. The number of thiazole rings is 1. The van der Waals surface area contributed by atoms with Crippen LogP contribution in [0.4, 0.5) is 0 Å². The van der Waals surface area contributed by atoms with E-state index in [9.17, 15) is 0 Å². The fourth-order valence-corrected chi connectivity index (χ4v) is 3.50. The van der Waals surface area contributed by atoms with Gasteiger partial charge in [0.2, 0.25) is 0 Å². The van der Waals surface area contributed by atoms with Crippen LogP contribution in [0, 0.1) is 0 Å². The third kappa shape index (κ3) is 2.51. The van der Waals surface area contributed by atoms with E-state index in [-0.39, 0.29) is 0 Å². The van der Waals surface area contributed by atoms with E-state index in [0.29, 0.717) is 5.25 Å². The van der Waals surface area contributed by atoms with E-state index in [1.807, 2.05) is 11.8 Å². The summed E-state index contributed by atoms with van der Waals surface area (Å²) in [7, 11) is 0. The van der Waals surface area contributed by atoms with E-state index < -0.39 is 0 Å². The Balaban J connectivity index is 1.88. The molecule has 0 bridgehead atoms. The summed E-state index contributed by atoms with van der Waals surface area (Å²) in [5.74, 6) is 0. The molecule has 0 atom stereocenters. The van der Waals surface area contributed by atoms with Gasteiger partial charge in [-0.3, -0.25) is 4.40 Å². The second-order valence-corrected chi connectivity index (χ2v) is 7.18. The van der Waals surface area contributed by atoms with Crippen LogP contribution in [-0.2, 0) is 6.54 Å². The monoisotopic (exact) mass is 267 g/mol. The minimum Gasteiger partial charge on any atom is -0.308 e. The van der Waals surface area contributed by atoms with Gasteiger partial charge >= 0.3 is 0 Å². The summed E-state index contributed by atoms with van der Waals surface area (Å²) in [6.45, 7) is 5.38. The zero-order valence-corrected chi connectivity index (χ0v) is 11.8. The standard InChI is InChI=1S/C12H17N3S2/c1-8(2)17-11-10(7-13-9-3-4-9)15-5-6-16-12(15)14-11/h5-6,8-9,13H,3-4,7H2,1-2H3. The highest BCUT2D eigenvalue weighted by molar-refractivity contribution is 7.99. The van der Waals surface area contributed by atoms with Crippen molar-refractivity contribution < 1.29 is 0 Å². The molecule has 0 unspecified atom stereocenters. The smallest absolute Gasteiger partial charge is 0.194 e. The minimum absolute atomic E-state index is 0.583. The Morgan fingerprint density at radius 1 is 1.59 bits per heavy atom. The van der Waals surface area contributed by atoms with Crippen molar-refractivity contribution in [1.29, 1.82) is 0 Å². The number of rotatable bonds is 5. The van der Waals surface area contributed by atoms with E-state index in [4.69, 9.17) is 4.98 Å². The molecule has 0 aromatic carbocycles. The molecule has 0 spiro atoms. The van der Waals surface area contributed by atoms with Gasteiger partial charge in [-0.1, -0.05) is 13.8 Å². The first kappa shape index (κ1) is 11.6. The summed E-state index contributed by atoms with van der Waals surface area (Å²) < 4.78 is 2.23. The van der Waals surface area contributed by atoms with Crippen LogP contribution in [0.3, 0.4) is 0 Å². The van der Waals surface area contributed by atoms with Crippen LogP contribution in [0.2, 0.25) is 0 Å². The molecule has 5 heteroatoms. The van der Waals surface area contributed by atoms with E-state index in [2.05, 4.69) is 35.1 Å². The van der Waals surface area contributed by atoms with Gasteiger partial charge in [0.1, 0.15) is 5.03 Å². The number of hydrogen-bond donors (Lipinski definition) is 1. The molecular formula is C12H17N3S2. The first-order valence-electron chi connectivity index (χ1n) is 6.08.